The van der Waals surface area contributed by atoms with Crippen molar-refractivity contribution >= 4 is 5.82 Å². The number of alkyl halides is 3. The number of pyridine rings is 1. The maximum Gasteiger partial charge on any atom is 0.416 e. The van der Waals surface area contributed by atoms with E-state index in [0.29, 0.717) is 13.2 Å². The first kappa shape index (κ1) is 15.9. The zero-order valence-corrected chi connectivity index (χ0v) is 12.0. The molecule has 2 heterocycles. The highest BCUT2D eigenvalue weighted by Crippen LogP contribution is 2.32. The predicted molar refractivity (Wildman–Crippen MR) is 74.6 cm³/mol. The van der Waals surface area contributed by atoms with Crippen molar-refractivity contribution in [3.63, 3.8) is 0 Å². The van der Waals surface area contributed by atoms with Crippen molar-refractivity contribution in [2.45, 2.75) is 25.4 Å². The SMILES string of the molecule is CNc1cc(C(F)(F)F)cc(OCCN2CCCCC2)n1. The molecule has 0 unspecified atom stereocenters. The maximum atomic E-state index is 12.8. The molecule has 1 aromatic rings. The van der Waals surface area contributed by atoms with Gasteiger partial charge in [-0.05, 0) is 32.0 Å². The molecular formula is C14H20F3N3O. The Labute approximate surface area is 122 Å². The Bertz CT molecular complexity index is 459. The fraction of sp³-hybridized carbons (Fsp3) is 0.643. The molecule has 0 aromatic carbocycles. The third-order valence-electron chi connectivity index (χ3n) is 3.49. The number of likely N-dealkylation sites (tertiary alicyclic amines) is 1. The lowest BCUT2D eigenvalue weighted by Gasteiger charge is -2.26. The van der Waals surface area contributed by atoms with Crippen LogP contribution < -0.4 is 10.1 Å². The summed E-state index contributed by atoms with van der Waals surface area (Å²) in [6.45, 7) is 3.12. The zero-order chi connectivity index (χ0) is 15.3. The number of anilines is 1. The van der Waals surface area contributed by atoms with E-state index in [1.54, 1.807) is 0 Å². The molecule has 0 radical (unpaired) electrons. The van der Waals surface area contributed by atoms with Crippen molar-refractivity contribution in [2.24, 2.45) is 0 Å². The van der Waals surface area contributed by atoms with Crippen LogP contribution in [0, 0.1) is 0 Å². The first-order chi connectivity index (χ1) is 9.99. The van der Waals surface area contributed by atoms with Crippen LogP contribution in [0.2, 0.25) is 0 Å². The molecule has 1 aliphatic rings. The Morgan fingerprint density at radius 2 is 1.95 bits per heavy atom. The number of halogens is 3. The minimum atomic E-state index is -4.40. The number of aromatic nitrogens is 1. The molecule has 1 aromatic heterocycles. The third kappa shape index (κ3) is 4.77. The predicted octanol–water partition coefficient (Wildman–Crippen LogP) is 3.01. The van der Waals surface area contributed by atoms with Crippen molar-refractivity contribution in [2.75, 3.05) is 38.6 Å². The topological polar surface area (TPSA) is 37.4 Å². The fourth-order valence-corrected chi connectivity index (χ4v) is 2.33. The van der Waals surface area contributed by atoms with Crippen LogP contribution in [-0.4, -0.2) is 43.2 Å². The van der Waals surface area contributed by atoms with E-state index in [9.17, 15) is 13.2 Å². The quantitative estimate of drug-likeness (QED) is 0.907. The van der Waals surface area contributed by atoms with Gasteiger partial charge in [-0.3, -0.25) is 4.90 Å². The highest BCUT2D eigenvalue weighted by atomic mass is 19.4. The number of nitrogens with zero attached hydrogens (tertiary/aromatic N) is 2. The number of nitrogens with one attached hydrogen (secondary N) is 1. The molecule has 1 aliphatic heterocycles. The Kier molecular flexibility index (Phi) is 5.27. The van der Waals surface area contributed by atoms with Crippen LogP contribution in [0.4, 0.5) is 19.0 Å². The lowest BCUT2D eigenvalue weighted by molar-refractivity contribution is -0.137. The van der Waals surface area contributed by atoms with Crippen molar-refractivity contribution in [3.8, 4) is 5.88 Å². The smallest absolute Gasteiger partial charge is 0.416 e. The molecule has 21 heavy (non-hydrogen) atoms. The summed E-state index contributed by atoms with van der Waals surface area (Å²) in [6, 6.07) is 1.91. The van der Waals surface area contributed by atoms with E-state index >= 15 is 0 Å². The van der Waals surface area contributed by atoms with E-state index in [1.807, 2.05) is 0 Å². The van der Waals surface area contributed by atoms with Gasteiger partial charge in [0, 0.05) is 19.7 Å². The van der Waals surface area contributed by atoms with Crippen LogP contribution in [0.15, 0.2) is 12.1 Å². The maximum absolute atomic E-state index is 12.8. The van der Waals surface area contributed by atoms with Crippen LogP contribution in [-0.2, 0) is 6.18 Å². The second-order valence-electron chi connectivity index (χ2n) is 5.08. The molecule has 1 N–H and O–H groups in total. The molecule has 2 rings (SSSR count). The molecule has 0 spiro atoms. The molecule has 0 atom stereocenters. The number of rotatable bonds is 5. The molecule has 4 nitrogen and oxygen atoms in total. The molecular weight excluding hydrogens is 283 g/mol. The van der Waals surface area contributed by atoms with E-state index in [1.165, 1.54) is 26.3 Å². The lowest BCUT2D eigenvalue weighted by Crippen LogP contribution is -2.33. The van der Waals surface area contributed by atoms with Crippen molar-refractivity contribution in [1.82, 2.24) is 9.88 Å². The Morgan fingerprint density at radius 3 is 2.57 bits per heavy atom. The highest BCUT2D eigenvalue weighted by Gasteiger charge is 2.31. The average Bonchev–Trinajstić information content (AvgIpc) is 2.47. The number of hydrogen-bond acceptors (Lipinski definition) is 4. The Hall–Kier alpha value is -1.50. The minimum absolute atomic E-state index is 0.00573. The van der Waals surface area contributed by atoms with Gasteiger partial charge in [0.15, 0.2) is 0 Å². The summed E-state index contributed by atoms with van der Waals surface area (Å²) in [5.74, 6) is 0.156. The molecule has 118 valence electrons. The van der Waals surface area contributed by atoms with Gasteiger partial charge in [0.05, 0.1) is 5.56 Å². The van der Waals surface area contributed by atoms with E-state index in [-0.39, 0.29) is 11.7 Å². The number of ether oxygens (including phenoxy) is 1. The standard InChI is InChI=1S/C14H20F3N3O/c1-18-12-9-11(14(15,16)17)10-13(19-12)21-8-7-20-5-3-2-4-6-20/h9-10H,2-8H2,1H3,(H,18,19). The first-order valence-electron chi connectivity index (χ1n) is 7.11. The van der Waals surface area contributed by atoms with E-state index < -0.39 is 11.7 Å². The summed E-state index contributed by atoms with van der Waals surface area (Å²) in [7, 11) is 1.53. The molecule has 0 bridgehead atoms. The zero-order valence-electron chi connectivity index (χ0n) is 12.0. The van der Waals surface area contributed by atoms with Crippen molar-refractivity contribution < 1.29 is 17.9 Å². The summed E-state index contributed by atoms with van der Waals surface area (Å²) in [4.78, 5) is 6.26. The highest BCUT2D eigenvalue weighted by molar-refractivity contribution is 5.42. The summed E-state index contributed by atoms with van der Waals surface area (Å²) in [5, 5.41) is 2.62. The van der Waals surface area contributed by atoms with Gasteiger partial charge < -0.3 is 10.1 Å². The molecule has 0 saturated carbocycles. The number of hydrogen-bond donors (Lipinski definition) is 1. The van der Waals surface area contributed by atoms with Gasteiger partial charge in [0.1, 0.15) is 12.4 Å². The summed E-state index contributed by atoms with van der Waals surface area (Å²) in [5.41, 5.74) is -0.755. The van der Waals surface area contributed by atoms with Gasteiger partial charge in [-0.1, -0.05) is 6.42 Å². The molecule has 0 aliphatic carbocycles. The second kappa shape index (κ2) is 6.98. The molecule has 1 fully saturated rings. The van der Waals surface area contributed by atoms with E-state index in [4.69, 9.17) is 4.74 Å². The van der Waals surface area contributed by atoms with Gasteiger partial charge in [0.2, 0.25) is 5.88 Å². The monoisotopic (exact) mass is 303 g/mol. The van der Waals surface area contributed by atoms with Crippen molar-refractivity contribution in [1.29, 1.82) is 0 Å². The van der Waals surface area contributed by atoms with Crippen LogP contribution in [0.25, 0.3) is 0 Å². The molecule has 7 heteroatoms. The summed E-state index contributed by atoms with van der Waals surface area (Å²) >= 11 is 0. The average molecular weight is 303 g/mol. The summed E-state index contributed by atoms with van der Waals surface area (Å²) < 4.78 is 43.7. The molecule has 0 amide bonds. The number of piperidine rings is 1. The van der Waals surface area contributed by atoms with Crippen LogP contribution in [0.5, 0.6) is 5.88 Å². The van der Waals surface area contributed by atoms with Gasteiger partial charge in [-0.25, -0.2) is 0 Å². The van der Waals surface area contributed by atoms with Gasteiger partial charge in [-0.2, -0.15) is 18.2 Å². The third-order valence-corrected chi connectivity index (χ3v) is 3.49. The largest absolute Gasteiger partial charge is 0.476 e. The van der Waals surface area contributed by atoms with Gasteiger partial charge >= 0.3 is 6.18 Å². The normalized spacial score (nSPS) is 16.8. The van der Waals surface area contributed by atoms with Gasteiger partial charge in [-0.15, -0.1) is 0 Å². The second-order valence-corrected chi connectivity index (χ2v) is 5.08. The first-order valence-corrected chi connectivity index (χ1v) is 7.11. The van der Waals surface area contributed by atoms with Crippen molar-refractivity contribution in [3.05, 3.63) is 17.7 Å². The lowest BCUT2D eigenvalue weighted by atomic mass is 10.1. The van der Waals surface area contributed by atoms with E-state index in [0.717, 1.165) is 25.2 Å². The van der Waals surface area contributed by atoms with Gasteiger partial charge in [0.25, 0.3) is 0 Å². The van der Waals surface area contributed by atoms with E-state index in [2.05, 4.69) is 15.2 Å². The molecule has 1 saturated heterocycles. The Balaban J connectivity index is 1.95. The Morgan fingerprint density at radius 1 is 1.24 bits per heavy atom. The minimum Gasteiger partial charge on any atom is -0.476 e. The summed E-state index contributed by atoms with van der Waals surface area (Å²) in [6.07, 6.45) is -0.811. The van der Waals surface area contributed by atoms with Crippen LogP contribution in [0.1, 0.15) is 24.8 Å². The fourth-order valence-electron chi connectivity index (χ4n) is 2.33. The van der Waals surface area contributed by atoms with Crippen LogP contribution in [0.3, 0.4) is 0 Å². The van der Waals surface area contributed by atoms with Crippen LogP contribution >= 0.6 is 0 Å².